The standard InChI is InChI=1S/C11H13N3O2/c1-14-10-6-5-8(3-2-4-11(15)16)7-9(10)12-13-14/h5-7H,2-4H2,1H3,(H,15,16). The van der Waals surface area contributed by atoms with Gasteiger partial charge in [0.15, 0.2) is 0 Å². The Labute approximate surface area is 92.7 Å². The van der Waals surface area contributed by atoms with Crippen molar-refractivity contribution in [2.75, 3.05) is 0 Å². The second-order valence-electron chi connectivity index (χ2n) is 3.78. The van der Waals surface area contributed by atoms with E-state index in [1.54, 1.807) is 4.68 Å². The topological polar surface area (TPSA) is 68.0 Å². The number of nitrogens with zero attached hydrogens (tertiary/aromatic N) is 3. The number of rotatable bonds is 4. The molecule has 0 aliphatic rings. The minimum atomic E-state index is -0.749. The molecule has 0 saturated carbocycles. The smallest absolute Gasteiger partial charge is 0.303 e. The molecule has 0 saturated heterocycles. The highest BCUT2D eigenvalue weighted by atomic mass is 16.4. The molecule has 0 aliphatic carbocycles. The predicted octanol–water partition coefficient (Wildman–Crippen LogP) is 1.38. The molecule has 16 heavy (non-hydrogen) atoms. The zero-order valence-electron chi connectivity index (χ0n) is 9.05. The molecule has 0 bridgehead atoms. The van der Waals surface area contributed by atoms with Gasteiger partial charge in [-0.1, -0.05) is 11.3 Å². The van der Waals surface area contributed by atoms with Gasteiger partial charge in [-0.05, 0) is 30.5 Å². The molecule has 0 fully saturated rings. The van der Waals surface area contributed by atoms with E-state index in [1.165, 1.54) is 0 Å². The Morgan fingerprint density at radius 3 is 3.06 bits per heavy atom. The highest BCUT2D eigenvalue weighted by molar-refractivity contribution is 5.74. The Kier molecular flexibility index (Phi) is 2.85. The van der Waals surface area contributed by atoms with Gasteiger partial charge >= 0.3 is 5.97 Å². The summed E-state index contributed by atoms with van der Waals surface area (Å²) < 4.78 is 1.72. The van der Waals surface area contributed by atoms with E-state index in [9.17, 15) is 4.79 Å². The Hall–Kier alpha value is -1.91. The van der Waals surface area contributed by atoms with Gasteiger partial charge in [-0.2, -0.15) is 0 Å². The molecule has 0 aliphatic heterocycles. The van der Waals surface area contributed by atoms with Gasteiger partial charge in [0.25, 0.3) is 0 Å². The SMILES string of the molecule is Cn1nnc2cc(CCCC(=O)O)ccc21. The molecule has 84 valence electrons. The molecule has 1 heterocycles. The molecule has 1 aromatic carbocycles. The number of carboxylic acid groups (broad SMARTS) is 1. The molecule has 0 atom stereocenters. The summed E-state index contributed by atoms with van der Waals surface area (Å²) in [5, 5.41) is 16.5. The fraction of sp³-hybridized carbons (Fsp3) is 0.364. The third kappa shape index (κ3) is 2.18. The number of aliphatic carboxylic acids is 1. The van der Waals surface area contributed by atoms with Gasteiger partial charge in [-0.25, -0.2) is 4.68 Å². The fourth-order valence-electron chi connectivity index (χ4n) is 1.69. The Morgan fingerprint density at radius 1 is 1.50 bits per heavy atom. The lowest BCUT2D eigenvalue weighted by Crippen LogP contribution is -1.96. The molecular formula is C11H13N3O2. The zero-order valence-corrected chi connectivity index (χ0v) is 9.05. The van der Waals surface area contributed by atoms with Crippen LogP contribution in [0.4, 0.5) is 0 Å². The number of aromatic nitrogens is 3. The summed E-state index contributed by atoms with van der Waals surface area (Å²) in [5.74, 6) is -0.749. The van der Waals surface area contributed by atoms with Crippen molar-refractivity contribution in [1.82, 2.24) is 15.0 Å². The van der Waals surface area contributed by atoms with E-state index >= 15 is 0 Å². The highest BCUT2D eigenvalue weighted by Crippen LogP contribution is 2.14. The third-order valence-corrected chi connectivity index (χ3v) is 2.53. The van der Waals surface area contributed by atoms with Crippen molar-refractivity contribution >= 4 is 17.0 Å². The van der Waals surface area contributed by atoms with E-state index < -0.39 is 5.97 Å². The number of carbonyl (C=O) groups is 1. The van der Waals surface area contributed by atoms with Crippen LogP contribution in [0.1, 0.15) is 18.4 Å². The Balaban J connectivity index is 2.11. The van der Waals surface area contributed by atoms with Gasteiger partial charge in [0, 0.05) is 13.5 Å². The van der Waals surface area contributed by atoms with Gasteiger partial charge in [0.05, 0.1) is 5.52 Å². The van der Waals surface area contributed by atoms with Crippen molar-refractivity contribution in [2.24, 2.45) is 7.05 Å². The Bertz CT molecular complexity index is 519. The summed E-state index contributed by atoms with van der Waals surface area (Å²) in [4.78, 5) is 10.4. The van der Waals surface area contributed by atoms with E-state index in [4.69, 9.17) is 5.11 Å². The molecule has 0 radical (unpaired) electrons. The van der Waals surface area contributed by atoms with Crippen molar-refractivity contribution in [3.8, 4) is 0 Å². The molecule has 5 nitrogen and oxygen atoms in total. The average molecular weight is 219 g/mol. The van der Waals surface area contributed by atoms with Crippen LogP contribution in [0.5, 0.6) is 0 Å². The van der Waals surface area contributed by atoms with Crippen LogP contribution < -0.4 is 0 Å². The fourth-order valence-corrected chi connectivity index (χ4v) is 1.69. The number of benzene rings is 1. The lowest BCUT2D eigenvalue weighted by molar-refractivity contribution is -0.137. The molecule has 5 heteroatoms. The summed E-state index contributed by atoms with van der Waals surface area (Å²) in [6, 6.07) is 5.92. The maximum Gasteiger partial charge on any atom is 0.303 e. The maximum atomic E-state index is 10.4. The molecule has 0 amide bonds. The predicted molar refractivity (Wildman–Crippen MR) is 59.1 cm³/mol. The first-order chi connectivity index (χ1) is 7.66. The van der Waals surface area contributed by atoms with Gasteiger partial charge < -0.3 is 5.11 Å². The van der Waals surface area contributed by atoms with Gasteiger partial charge in [0.1, 0.15) is 5.52 Å². The van der Waals surface area contributed by atoms with Crippen molar-refractivity contribution < 1.29 is 9.90 Å². The van der Waals surface area contributed by atoms with Crippen molar-refractivity contribution in [3.63, 3.8) is 0 Å². The second kappa shape index (κ2) is 4.30. The van der Waals surface area contributed by atoms with Crippen molar-refractivity contribution in [1.29, 1.82) is 0 Å². The molecule has 1 aromatic heterocycles. The maximum absolute atomic E-state index is 10.4. The van der Waals surface area contributed by atoms with Crippen LogP contribution >= 0.6 is 0 Å². The molecule has 1 N–H and O–H groups in total. The van der Waals surface area contributed by atoms with Crippen LogP contribution in [0, 0.1) is 0 Å². The first kappa shape index (κ1) is 10.6. The van der Waals surface area contributed by atoms with Gasteiger partial charge in [-0.15, -0.1) is 5.10 Å². The molecule has 2 rings (SSSR count). The van der Waals surface area contributed by atoms with Gasteiger partial charge in [0.2, 0.25) is 0 Å². The Morgan fingerprint density at radius 2 is 2.31 bits per heavy atom. The number of hydrogen-bond acceptors (Lipinski definition) is 3. The van der Waals surface area contributed by atoms with Gasteiger partial charge in [-0.3, -0.25) is 4.79 Å². The van der Waals surface area contributed by atoms with Crippen molar-refractivity contribution in [3.05, 3.63) is 23.8 Å². The molecule has 0 spiro atoms. The average Bonchev–Trinajstić information content (AvgIpc) is 2.60. The van der Waals surface area contributed by atoms with Crippen LogP contribution in [-0.4, -0.2) is 26.1 Å². The second-order valence-corrected chi connectivity index (χ2v) is 3.78. The summed E-state index contributed by atoms with van der Waals surface area (Å²) in [5.41, 5.74) is 2.95. The minimum Gasteiger partial charge on any atom is -0.481 e. The van der Waals surface area contributed by atoms with Crippen LogP contribution in [0.15, 0.2) is 18.2 Å². The van der Waals surface area contributed by atoms with E-state index in [0.29, 0.717) is 6.42 Å². The normalized spacial score (nSPS) is 10.8. The van der Waals surface area contributed by atoms with Crippen LogP contribution in [0.3, 0.4) is 0 Å². The quantitative estimate of drug-likeness (QED) is 0.843. The largest absolute Gasteiger partial charge is 0.481 e. The van der Waals surface area contributed by atoms with Crippen molar-refractivity contribution in [2.45, 2.75) is 19.3 Å². The third-order valence-electron chi connectivity index (χ3n) is 2.53. The molecule has 0 unspecified atom stereocenters. The summed E-state index contributed by atoms with van der Waals surface area (Å²) >= 11 is 0. The first-order valence-corrected chi connectivity index (χ1v) is 5.17. The zero-order chi connectivity index (χ0) is 11.5. The summed E-state index contributed by atoms with van der Waals surface area (Å²) in [6.07, 6.45) is 1.62. The van der Waals surface area contributed by atoms with Crippen LogP contribution in [0.25, 0.3) is 11.0 Å². The number of fused-ring (bicyclic) bond motifs is 1. The van der Waals surface area contributed by atoms with Crippen LogP contribution in [-0.2, 0) is 18.3 Å². The molecule has 2 aromatic rings. The number of aryl methyl sites for hydroxylation is 2. The van der Waals surface area contributed by atoms with Crippen LogP contribution in [0.2, 0.25) is 0 Å². The number of hydrogen-bond donors (Lipinski definition) is 1. The van der Waals surface area contributed by atoms with E-state index in [0.717, 1.165) is 23.0 Å². The van der Waals surface area contributed by atoms with E-state index in [-0.39, 0.29) is 6.42 Å². The minimum absolute atomic E-state index is 0.207. The number of carboxylic acids is 1. The van der Waals surface area contributed by atoms with E-state index in [2.05, 4.69) is 10.3 Å². The summed E-state index contributed by atoms with van der Waals surface area (Å²) in [7, 11) is 1.85. The lowest BCUT2D eigenvalue weighted by atomic mass is 10.1. The van der Waals surface area contributed by atoms with E-state index in [1.807, 2.05) is 25.2 Å². The summed E-state index contributed by atoms with van der Waals surface area (Å²) in [6.45, 7) is 0. The first-order valence-electron chi connectivity index (χ1n) is 5.17. The monoisotopic (exact) mass is 219 g/mol. The molecular weight excluding hydrogens is 206 g/mol. The lowest BCUT2D eigenvalue weighted by Gasteiger charge is -1.99. The highest BCUT2D eigenvalue weighted by Gasteiger charge is 2.03.